The lowest BCUT2D eigenvalue weighted by molar-refractivity contribution is -0.129. The molecule has 0 aliphatic carbocycles. The molecule has 168 valence electrons. The van der Waals surface area contributed by atoms with Crippen molar-refractivity contribution < 1.29 is 10.0 Å². The zero-order valence-corrected chi connectivity index (χ0v) is 19.5. The van der Waals surface area contributed by atoms with Crippen LogP contribution in [0.15, 0.2) is 0 Å². The van der Waals surface area contributed by atoms with Crippen LogP contribution < -0.4 is 5.48 Å². The Balaban J connectivity index is 3.00. The van der Waals surface area contributed by atoms with E-state index < -0.39 is 0 Å². The topological polar surface area (TPSA) is 49.3 Å². The van der Waals surface area contributed by atoms with E-state index in [-0.39, 0.29) is 5.91 Å². The van der Waals surface area contributed by atoms with Gasteiger partial charge in [0.25, 0.3) is 0 Å². The first-order valence-corrected chi connectivity index (χ1v) is 13.0. The number of unbranched alkanes of at least 4 members (excludes halogenated alkanes) is 20. The molecule has 4 heteroatoms. The lowest BCUT2D eigenvalue weighted by Gasteiger charge is -2.04. The van der Waals surface area contributed by atoms with E-state index in [0.717, 1.165) is 18.6 Å². The third kappa shape index (κ3) is 23.8. The number of carbonyl (C=O) groups excluding carboxylic acids is 1. The summed E-state index contributed by atoms with van der Waals surface area (Å²) in [6.07, 6.45) is 28.9. The molecule has 0 fully saturated rings. The Bertz CT molecular complexity index is 313. The summed E-state index contributed by atoms with van der Waals surface area (Å²) in [6.45, 7) is 0. The summed E-state index contributed by atoms with van der Waals surface area (Å²) in [5.74, 6) is 0.794. The van der Waals surface area contributed by atoms with Crippen molar-refractivity contribution in [2.75, 3.05) is 5.75 Å². The van der Waals surface area contributed by atoms with Gasteiger partial charge in [0, 0.05) is 6.42 Å². The van der Waals surface area contributed by atoms with Gasteiger partial charge in [0.1, 0.15) is 0 Å². The summed E-state index contributed by atoms with van der Waals surface area (Å²) < 4.78 is 0. The molecule has 0 heterocycles. The average molecular weight is 416 g/mol. The van der Waals surface area contributed by atoms with Gasteiger partial charge in [-0.3, -0.25) is 10.0 Å². The molecule has 3 nitrogen and oxygen atoms in total. The van der Waals surface area contributed by atoms with Crippen LogP contribution in [0.1, 0.15) is 141 Å². The Labute approximate surface area is 181 Å². The van der Waals surface area contributed by atoms with Gasteiger partial charge in [-0.05, 0) is 18.6 Å². The molecular formula is C24H49NO2S. The predicted octanol–water partition coefficient (Wildman–Crippen LogP) is 8.00. The molecule has 0 spiro atoms. The van der Waals surface area contributed by atoms with E-state index in [2.05, 4.69) is 12.6 Å². The van der Waals surface area contributed by atoms with E-state index in [1.54, 1.807) is 5.48 Å². The molecule has 28 heavy (non-hydrogen) atoms. The Morgan fingerprint density at radius 2 is 0.750 bits per heavy atom. The number of thiol groups is 1. The van der Waals surface area contributed by atoms with Crippen molar-refractivity contribution in [3.05, 3.63) is 0 Å². The van der Waals surface area contributed by atoms with E-state index in [0.29, 0.717) is 6.42 Å². The zero-order chi connectivity index (χ0) is 20.5. The third-order valence-corrected chi connectivity index (χ3v) is 6.00. The van der Waals surface area contributed by atoms with Crippen LogP contribution in [-0.4, -0.2) is 16.9 Å². The number of hydrogen-bond acceptors (Lipinski definition) is 3. The molecule has 0 aromatic rings. The Kier molecular flexibility index (Phi) is 24.6. The number of hydrogen-bond donors (Lipinski definition) is 3. The molecule has 0 aromatic carbocycles. The maximum atomic E-state index is 10.9. The van der Waals surface area contributed by atoms with Crippen molar-refractivity contribution in [3.63, 3.8) is 0 Å². The average Bonchev–Trinajstić information content (AvgIpc) is 2.71. The van der Waals surface area contributed by atoms with E-state index in [9.17, 15) is 4.79 Å². The lowest BCUT2D eigenvalue weighted by atomic mass is 10.0. The molecule has 0 saturated carbocycles. The normalized spacial score (nSPS) is 11.1. The second kappa shape index (κ2) is 24.8. The Hall–Kier alpha value is -0.220. The Morgan fingerprint density at radius 3 is 1.00 bits per heavy atom. The minimum Gasteiger partial charge on any atom is -0.289 e. The fourth-order valence-corrected chi connectivity index (χ4v) is 4.04. The fraction of sp³-hybridized carbons (Fsp3) is 0.958. The summed E-state index contributed by atoms with van der Waals surface area (Å²) >= 11 is 4.26. The summed E-state index contributed by atoms with van der Waals surface area (Å²) in [5.41, 5.74) is 1.69. The summed E-state index contributed by atoms with van der Waals surface area (Å²) in [7, 11) is 0. The summed E-state index contributed by atoms with van der Waals surface area (Å²) in [5, 5.41) is 8.41. The largest absolute Gasteiger partial charge is 0.289 e. The number of hydroxylamine groups is 1. The van der Waals surface area contributed by atoms with E-state index in [1.807, 2.05) is 0 Å². The first-order chi connectivity index (χ1) is 13.8. The van der Waals surface area contributed by atoms with Crippen LogP contribution in [0.4, 0.5) is 0 Å². The summed E-state index contributed by atoms with van der Waals surface area (Å²) in [6, 6.07) is 0. The molecule has 0 saturated heterocycles. The highest BCUT2D eigenvalue weighted by molar-refractivity contribution is 7.80. The van der Waals surface area contributed by atoms with Crippen LogP contribution in [-0.2, 0) is 4.79 Å². The van der Waals surface area contributed by atoms with Gasteiger partial charge >= 0.3 is 0 Å². The second-order valence-corrected chi connectivity index (χ2v) is 8.88. The van der Waals surface area contributed by atoms with Crippen LogP contribution in [0, 0.1) is 0 Å². The molecule has 0 bridgehead atoms. The Morgan fingerprint density at radius 1 is 0.500 bits per heavy atom. The van der Waals surface area contributed by atoms with Crippen molar-refractivity contribution in [2.45, 2.75) is 141 Å². The first-order valence-electron chi connectivity index (χ1n) is 12.3. The number of carbonyl (C=O) groups is 1. The smallest absolute Gasteiger partial charge is 0.243 e. The molecule has 0 unspecified atom stereocenters. The minimum absolute atomic E-state index is 0.258. The van der Waals surface area contributed by atoms with Crippen molar-refractivity contribution in [1.29, 1.82) is 0 Å². The fourth-order valence-electron chi connectivity index (χ4n) is 3.81. The van der Waals surface area contributed by atoms with Crippen molar-refractivity contribution in [1.82, 2.24) is 5.48 Å². The van der Waals surface area contributed by atoms with Gasteiger partial charge in [0.05, 0.1) is 0 Å². The van der Waals surface area contributed by atoms with Gasteiger partial charge in [0.15, 0.2) is 0 Å². The lowest BCUT2D eigenvalue weighted by Crippen LogP contribution is -2.17. The maximum Gasteiger partial charge on any atom is 0.243 e. The van der Waals surface area contributed by atoms with Gasteiger partial charge in [-0.25, -0.2) is 5.48 Å². The SMILES string of the molecule is O=C(CCCCCCCCCCCCCCCCCCCCCCCS)NO. The third-order valence-electron chi connectivity index (χ3n) is 5.69. The van der Waals surface area contributed by atoms with Gasteiger partial charge in [-0.1, -0.05) is 122 Å². The highest BCUT2D eigenvalue weighted by Crippen LogP contribution is 2.15. The molecule has 0 radical (unpaired) electrons. The molecule has 2 N–H and O–H groups in total. The molecule has 0 aliphatic rings. The number of nitrogens with one attached hydrogen (secondary N) is 1. The standard InChI is InChI=1S/C24H49NO2S/c26-24(25-27)22-20-18-16-14-12-10-8-6-4-2-1-3-5-7-9-11-13-15-17-19-21-23-28/h27-28H,1-23H2,(H,25,26). The van der Waals surface area contributed by atoms with Crippen LogP contribution in [0.25, 0.3) is 0 Å². The second-order valence-electron chi connectivity index (χ2n) is 8.43. The van der Waals surface area contributed by atoms with E-state index in [1.165, 1.54) is 122 Å². The van der Waals surface area contributed by atoms with Gasteiger partial charge in [-0.15, -0.1) is 0 Å². The van der Waals surface area contributed by atoms with Crippen molar-refractivity contribution in [2.24, 2.45) is 0 Å². The van der Waals surface area contributed by atoms with Gasteiger partial charge < -0.3 is 0 Å². The van der Waals surface area contributed by atoms with Gasteiger partial charge in [0.2, 0.25) is 5.91 Å². The van der Waals surface area contributed by atoms with Gasteiger partial charge in [-0.2, -0.15) is 12.6 Å². The maximum absolute atomic E-state index is 10.9. The van der Waals surface area contributed by atoms with Crippen molar-refractivity contribution in [3.8, 4) is 0 Å². The first kappa shape index (κ1) is 27.8. The van der Waals surface area contributed by atoms with E-state index >= 15 is 0 Å². The molecule has 0 rings (SSSR count). The number of rotatable bonds is 23. The van der Waals surface area contributed by atoms with Crippen LogP contribution >= 0.6 is 12.6 Å². The van der Waals surface area contributed by atoms with Crippen molar-refractivity contribution >= 4 is 18.5 Å². The quantitative estimate of drug-likeness (QED) is 0.0685. The summed E-state index contributed by atoms with van der Waals surface area (Å²) in [4.78, 5) is 10.9. The monoisotopic (exact) mass is 415 g/mol. The number of amides is 1. The molecule has 0 atom stereocenters. The zero-order valence-electron chi connectivity index (χ0n) is 18.6. The highest BCUT2D eigenvalue weighted by Gasteiger charge is 1.98. The highest BCUT2D eigenvalue weighted by atomic mass is 32.1. The molecule has 1 amide bonds. The van der Waals surface area contributed by atoms with Crippen LogP contribution in [0.3, 0.4) is 0 Å². The molecule has 0 aromatic heterocycles. The minimum atomic E-state index is -0.258. The molecular weight excluding hydrogens is 366 g/mol. The molecule has 0 aliphatic heterocycles. The van der Waals surface area contributed by atoms with Crippen LogP contribution in [0.2, 0.25) is 0 Å². The predicted molar refractivity (Wildman–Crippen MR) is 125 cm³/mol. The van der Waals surface area contributed by atoms with E-state index in [4.69, 9.17) is 5.21 Å². The van der Waals surface area contributed by atoms with Crippen LogP contribution in [0.5, 0.6) is 0 Å².